The van der Waals surface area contributed by atoms with Crippen molar-refractivity contribution >= 4 is 29.0 Å². The first-order valence-electron chi connectivity index (χ1n) is 10.3. The minimum absolute atomic E-state index is 0.130. The van der Waals surface area contributed by atoms with Gasteiger partial charge in [0.1, 0.15) is 5.75 Å². The molecule has 8 nitrogen and oxygen atoms in total. The summed E-state index contributed by atoms with van der Waals surface area (Å²) in [5.41, 5.74) is 2.88. The van der Waals surface area contributed by atoms with E-state index in [1.165, 1.54) is 27.9 Å². The molecule has 2 aromatic carbocycles. The van der Waals surface area contributed by atoms with Gasteiger partial charge in [-0.1, -0.05) is 30.8 Å². The van der Waals surface area contributed by atoms with Crippen molar-refractivity contribution in [3.63, 3.8) is 0 Å². The molecule has 4 aromatic rings. The average molecular weight is 450 g/mol. The second-order valence-corrected chi connectivity index (χ2v) is 7.93. The maximum absolute atomic E-state index is 12.5. The fraction of sp³-hybridized carbons (Fsp3) is 0.217. The van der Waals surface area contributed by atoms with Crippen LogP contribution >= 0.6 is 11.8 Å². The molecular weight excluding hydrogens is 426 g/mol. The molecule has 2 aromatic heterocycles. The molecule has 9 heteroatoms. The van der Waals surface area contributed by atoms with Gasteiger partial charge in [-0.2, -0.15) is 0 Å². The second-order valence-electron chi connectivity index (χ2n) is 6.99. The number of aromatic nitrogens is 4. The van der Waals surface area contributed by atoms with Crippen LogP contribution in [0.2, 0.25) is 0 Å². The number of rotatable bonds is 8. The predicted octanol–water partition coefficient (Wildman–Crippen LogP) is 3.78. The van der Waals surface area contributed by atoms with Crippen LogP contribution in [0.15, 0.2) is 64.5 Å². The Bertz CT molecular complexity index is 1280. The van der Waals surface area contributed by atoms with Gasteiger partial charge in [-0.05, 0) is 55.3 Å². The number of anilines is 1. The van der Waals surface area contributed by atoms with Gasteiger partial charge in [0.15, 0.2) is 16.6 Å². The quantitative estimate of drug-likeness (QED) is 0.397. The third kappa shape index (κ3) is 5.00. The first-order chi connectivity index (χ1) is 15.6. The normalized spacial score (nSPS) is 10.9. The number of aromatic amines is 1. The highest BCUT2D eigenvalue weighted by molar-refractivity contribution is 7.99. The molecule has 0 unspecified atom stereocenters. The molecule has 0 bridgehead atoms. The van der Waals surface area contributed by atoms with Gasteiger partial charge in [0.05, 0.1) is 12.4 Å². The summed E-state index contributed by atoms with van der Waals surface area (Å²) in [6.07, 6.45) is 0.944. The Morgan fingerprint density at radius 1 is 1.09 bits per heavy atom. The molecule has 0 spiro atoms. The van der Waals surface area contributed by atoms with Gasteiger partial charge in [0.25, 0.3) is 5.56 Å². The molecule has 2 heterocycles. The van der Waals surface area contributed by atoms with E-state index in [2.05, 4.69) is 27.3 Å². The van der Waals surface area contributed by atoms with Crippen molar-refractivity contribution in [2.24, 2.45) is 0 Å². The number of hydrogen-bond acceptors (Lipinski definition) is 6. The molecule has 0 radical (unpaired) electrons. The van der Waals surface area contributed by atoms with E-state index in [0.717, 1.165) is 23.4 Å². The molecule has 0 aliphatic carbocycles. The number of nitrogens with one attached hydrogen (secondary N) is 2. The van der Waals surface area contributed by atoms with Gasteiger partial charge < -0.3 is 10.1 Å². The first kappa shape index (κ1) is 21.6. The molecule has 2 N–H and O–H groups in total. The first-order valence-corrected chi connectivity index (χ1v) is 11.3. The molecule has 164 valence electrons. The van der Waals surface area contributed by atoms with Crippen LogP contribution in [0.25, 0.3) is 17.0 Å². The highest BCUT2D eigenvalue weighted by atomic mass is 32.2. The minimum atomic E-state index is -0.287. The van der Waals surface area contributed by atoms with Crippen LogP contribution in [0.3, 0.4) is 0 Å². The average Bonchev–Trinajstić information content (AvgIpc) is 3.19. The van der Waals surface area contributed by atoms with Crippen LogP contribution in [0, 0.1) is 0 Å². The Balaban J connectivity index is 1.54. The maximum atomic E-state index is 12.5. The number of H-pyrrole nitrogens is 1. The Morgan fingerprint density at radius 2 is 1.84 bits per heavy atom. The number of carbonyl (C=O) groups is 1. The Hall–Kier alpha value is -3.59. The third-order valence-electron chi connectivity index (χ3n) is 4.73. The number of nitrogens with zero attached hydrogens (tertiary/aromatic N) is 3. The number of carbonyl (C=O) groups excluding carboxylic acids is 1. The standard InChI is InChI=1S/C23H23N5O3S/c1-3-15-5-9-17(10-6-15)24-21(30)14-32-23-26-22(25-19-13-20(29)27-28(19)23)16-7-11-18(12-8-16)31-4-2/h5-13H,3-4,14H2,1-2H3,(H,24,30)(H,27,29). The number of hydrogen-bond donors (Lipinski definition) is 2. The van der Waals surface area contributed by atoms with Crippen LogP contribution in [0.5, 0.6) is 5.75 Å². The van der Waals surface area contributed by atoms with Crippen LogP contribution in [-0.2, 0) is 11.2 Å². The smallest absolute Gasteiger partial charge is 0.266 e. The zero-order chi connectivity index (χ0) is 22.5. The van der Waals surface area contributed by atoms with Gasteiger partial charge in [0, 0.05) is 17.3 Å². The van der Waals surface area contributed by atoms with Crippen molar-refractivity contribution in [2.75, 3.05) is 17.7 Å². The van der Waals surface area contributed by atoms with E-state index in [0.29, 0.717) is 23.2 Å². The molecule has 0 saturated carbocycles. The second kappa shape index (κ2) is 9.69. The van der Waals surface area contributed by atoms with Gasteiger partial charge >= 0.3 is 0 Å². The van der Waals surface area contributed by atoms with Crippen molar-refractivity contribution in [1.82, 2.24) is 19.6 Å². The Kier molecular flexibility index (Phi) is 6.55. The fourth-order valence-electron chi connectivity index (χ4n) is 3.13. The van der Waals surface area contributed by atoms with Crippen molar-refractivity contribution in [1.29, 1.82) is 0 Å². The summed E-state index contributed by atoms with van der Waals surface area (Å²) < 4.78 is 6.98. The van der Waals surface area contributed by atoms with E-state index in [1.54, 1.807) is 0 Å². The zero-order valence-corrected chi connectivity index (χ0v) is 18.6. The largest absolute Gasteiger partial charge is 0.494 e. The van der Waals surface area contributed by atoms with E-state index in [9.17, 15) is 9.59 Å². The lowest BCUT2D eigenvalue weighted by Gasteiger charge is -2.09. The van der Waals surface area contributed by atoms with Crippen LogP contribution < -0.4 is 15.6 Å². The highest BCUT2D eigenvalue weighted by Gasteiger charge is 2.13. The summed E-state index contributed by atoms with van der Waals surface area (Å²) in [4.78, 5) is 33.4. The summed E-state index contributed by atoms with van der Waals surface area (Å²) >= 11 is 1.22. The molecule has 0 atom stereocenters. The van der Waals surface area contributed by atoms with E-state index in [4.69, 9.17) is 4.74 Å². The van der Waals surface area contributed by atoms with E-state index in [1.807, 2.05) is 55.5 Å². The topological polar surface area (TPSA) is 101 Å². The SMILES string of the molecule is CCOc1ccc(-c2nc(SCC(=O)Nc3ccc(CC)cc3)n3[nH]c(=O)cc3n2)cc1. The number of thioether (sulfide) groups is 1. The maximum Gasteiger partial charge on any atom is 0.266 e. The Labute approximate surface area is 189 Å². The minimum Gasteiger partial charge on any atom is -0.494 e. The van der Waals surface area contributed by atoms with Gasteiger partial charge in [-0.3, -0.25) is 14.7 Å². The number of ether oxygens (including phenoxy) is 1. The summed E-state index contributed by atoms with van der Waals surface area (Å²) in [5.74, 6) is 1.19. The summed E-state index contributed by atoms with van der Waals surface area (Å²) in [6.45, 7) is 4.59. The Morgan fingerprint density at radius 3 is 2.53 bits per heavy atom. The van der Waals surface area contributed by atoms with Crippen molar-refractivity contribution in [2.45, 2.75) is 25.4 Å². The molecule has 4 rings (SSSR count). The lowest BCUT2D eigenvalue weighted by molar-refractivity contribution is -0.113. The highest BCUT2D eigenvalue weighted by Crippen LogP contribution is 2.23. The molecule has 0 aliphatic rings. The lowest BCUT2D eigenvalue weighted by atomic mass is 10.1. The van der Waals surface area contributed by atoms with Crippen molar-refractivity contribution < 1.29 is 9.53 Å². The summed E-state index contributed by atoms with van der Waals surface area (Å²) in [5, 5.41) is 6.03. The van der Waals surface area contributed by atoms with E-state index < -0.39 is 0 Å². The molecular formula is C23H23N5O3S. The van der Waals surface area contributed by atoms with Crippen LogP contribution in [0.1, 0.15) is 19.4 Å². The zero-order valence-electron chi connectivity index (χ0n) is 17.8. The molecule has 0 fully saturated rings. The molecule has 0 saturated heterocycles. The monoisotopic (exact) mass is 449 g/mol. The number of amides is 1. The lowest BCUT2D eigenvalue weighted by Crippen LogP contribution is -2.15. The molecule has 1 amide bonds. The predicted molar refractivity (Wildman–Crippen MR) is 125 cm³/mol. The van der Waals surface area contributed by atoms with Gasteiger partial charge in [-0.15, -0.1) is 0 Å². The van der Waals surface area contributed by atoms with Crippen LogP contribution in [0.4, 0.5) is 5.69 Å². The number of benzene rings is 2. The fourth-order valence-corrected chi connectivity index (χ4v) is 3.88. The third-order valence-corrected chi connectivity index (χ3v) is 5.66. The number of fused-ring (bicyclic) bond motifs is 1. The van der Waals surface area contributed by atoms with Gasteiger partial charge in [-0.25, -0.2) is 14.5 Å². The molecule has 32 heavy (non-hydrogen) atoms. The van der Waals surface area contributed by atoms with E-state index >= 15 is 0 Å². The summed E-state index contributed by atoms with van der Waals surface area (Å²) in [6, 6.07) is 16.6. The molecule has 0 aliphatic heterocycles. The van der Waals surface area contributed by atoms with E-state index in [-0.39, 0.29) is 17.2 Å². The summed E-state index contributed by atoms with van der Waals surface area (Å²) in [7, 11) is 0. The van der Waals surface area contributed by atoms with Crippen molar-refractivity contribution in [3.8, 4) is 17.1 Å². The number of aryl methyl sites for hydroxylation is 1. The van der Waals surface area contributed by atoms with Crippen molar-refractivity contribution in [3.05, 3.63) is 70.5 Å². The van der Waals surface area contributed by atoms with Gasteiger partial charge in [0.2, 0.25) is 5.91 Å². The van der Waals surface area contributed by atoms with Crippen LogP contribution in [-0.4, -0.2) is 37.8 Å².